The van der Waals surface area contributed by atoms with Gasteiger partial charge in [-0.1, -0.05) is 6.07 Å². The Morgan fingerprint density at radius 1 is 1.38 bits per heavy atom. The van der Waals surface area contributed by atoms with Crippen molar-refractivity contribution in [1.82, 2.24) is 0 Å². The molecule has 0 aliphatic carbocycles. The Hall–Kier alpha value is -0.645. The number of ether oxygens (including phenoxy) is 1. The van der Waals surface area contributed by atoms with Gasteiger partial charge in [0, 0.05) is 10.4 Å². The normalized spacial score (nSPS) is 9.85. The highest BCUT2D eigenvalue weighted by atomic mass is 32.2. The Balaban J connectivity index is 3.21. The predicted molar refractivity (Wildman–Crippen MR) is 54.6 cm³/mol. The summed E-state index contributed by atoms with van der Waals surface area (Å²) in [7, 11) is 0.0179. The number of rotatable bonds is 3. The molecule has 0 bridgehead atoms. The molecule has 0 fully saturated rings. The van der Waals surface area contributed by atoms with Crippen LogP contribution in [0, 0.1) is 0 Å². The van der Waals surface area contributed by atoms with Gasteiger partial charge in [0.15, 0.2) is 0 Å². The van der Waals surface area contributed by atoms with E-state index in [2.05, 4.69) is 0 Å². The van der Waals surface area contributed by atoms with Crippen LogP contribution in [-0.4, -0.2) is 30.5 Å². The van der Waals surface area contributed by atoms with Gasteiger partial charge in [-0.2, -0.15) is 0 Å². The molecule has 70 valence electrons. The first kappa shape index (κ1) is 10.4. The maximum Gasteiger partial charge on any atom is 0.493 e. The van der Waals surface area contributed by atoms with Crippen LogP contribution in [-0.2, 0) is 0 Å². The monoisotopic (exact) mass is 198 g/mol. The van der Waals surface area contributed by atoms with Crippen molar-refractivity contribution in [2.24, 2.45) is 0 Å². The largest absolute Gasteiger partial charge is 0.497 e. The van der Waals surface area contributed by atoms with Gasteiger partial charge in [-0.25, -0.2) is 0 Å². The molecule has 0 heterocycles. The fraction of sp³-hybridized carbons (Fsp3) is 0.250. The standard InChI is InChI=1S/C8H11BO3S/c1-12-6-4-3-5-7(13-2)8(6)9(10)11/h3-5,10-11H,1-2H3. The summed E-state index contributed by atoms with van der Waals surface area (Å²) in [6, 6.07) is 5.34. The lowest BCUT2D eigenvalue weighted by Gasteiger charge is -2.10. The summed E-state index contributed by atoms with van der Waals surface area (Å²) >= 11 is 1.45. The zero-order valence-corrected chi connectivity index (χ0v) is 8.34. The van der Waals surface area contributed by atoms with E-state index >= 15 is 0 Å². The van der Waals surface area contributed by atoms with Crippen molar-refractivity contribution < 1.29 is 14.8 Å². The molecule has 1 aromatic carbocycles. The summed E-state index contributed by atoms with van der Waals surface area (Å²) in [4.78, 5) is 0.814. The average molecular weight is 198 g/mol. The summed E-state index contributed by atoms with van der Waals surface area (Å²) in [6.45, 7) is 0. The lowest BCUT2D eigenvalue weighted by Crippen LogP contribution is -2.32. The number of hydrogen-bond donors (Lipinski definition) is 2. The number of thioether (sulfide) groups is 1. The van der Waals surface area contributed by atoms with E-state index < -0.39 is 7.12 Å². The van der Waals surface area contributed by atoms with Crippen LogP contribution in [0.1, 0.15) is 0 Å². The predicted octanol–water partition coefficient (Wildman–Crippen LogP) is 0.0969. The number of hydrogen-bond acceptors (Lipinski definition) is 4. The molecule has 13 heavy (non-hydrogen) atoms. The molecular formula is C8H11BO3S. The van der Waals surface area contributed by atoms with Crippen LogP contribution in [0.3, 0.4) is 0 Å². The van der Waals surface area contributed by atoms with E-state index in [1.54, 1.807) is 6.07 Å². The highest BCUT2D eigenvalue weighted by molar-refractivity contribution is 7.98. The zero-order chi connectivity index (χ0) is 9.84. The van der Waals surface area contributed by atoms with E-state index in [4.69, 9.17) is 14.8 Å². The van der Waals surface area contributed by atoms with E-state index in [9.17, 15) is 0 Å². The van der Waals surface area contributed by atoms with E-state index in [-0.39, 0.29) is 0 Å². The van der Waals surface area contributed by atoms with Gasteiger partial charge in [0.1, 0.15) is 5.75 Å². The smallest absolute Gasteiger partial charge is 0.493 e. The zero-order valence-electron chi connectivity index (χ0n) is 7.52. The molecule has 1 rings (SSSR count). The maximum absolute atomic E-state index is 9.11. The van der Waals surface area contributed by atoms with E-state index in [1.165, 1.54) is 18.9 Å². The maximum atomic E-state index is 9.11. The molecule has 0 atom stereocenters. The van der Waals surface area contributed by atoms with Crippen molar-refractivity contribution >= 4 is 24.3 Å². The molecule has 0 radical (unpaired) electrons. The fourth-order valence-corrected chi connectivity index (χ4v) is 1.77. The molecule has 0 aliphatic heterocycles. The van der Waals surface area contributed by atoms with Crippen molar-refractivity contribution in [3.05, 3.63) is 18.2 Å². The molecule has 5 heteroatoms. The third-order valence-corrected chi connectivity index (χ3v) is 2.52. The first-order valence-corrected chi connectivity index (χ1v) is 5.00. The first-order chi connectivity index (χ1) is 6.20. The topological polar surface area (TPSA) is 49.7 Å². The van der Waals surface area contributed by atoms with Crippen molar-refractivity contribution in [2.75, 3.05) is 13.4 Å². The molecule has 0 saturated heterocycles. The lowest BCUT2D eigenvalue weighted by atomic mass is 9.79. The second-order valence-electron chi connectivity index (χ2n) is 2.45. The highest BCUT2D eigenvalue weighted by Crippen LogP contribution is 2.18. The van der Waals surface area contributed by atoms with Crippen LogP contribution in [0.5, 0.6) is 5.75 Å². The van der Waals surface area contributed by atoms with Crippen molar-refractivity contribution in [1.29, 1.82) is 0 Å². The molecule has 0 spiro atoms. The van der Waals surface area contributed by atoms with Gasteiger partial charge in [-0.15, -0.1) is 11.8 Å². The van der Waals surface area contributed by atoms with Crippen LogP contribution in [0.15, 0.2) is 23.1 Å². The van der Waals surface area contributed by atoms with Gasteiger partial charge in [0.25, 0.3) is 0 Å². The van der Waals surface area contributed by atoms with Gasteiger partial charge in [-0.3, -0.25) is 0 Å². The fourth-order valence-electron chi connectivity index (χ4n) is 1.13. The lowest BCUT2D eigenvalue weighted by molar-refractivity contribution is 0.401. The Morgan fingerprint density at radius 3 is 2.54 bits per heavy atom. The van der Waals surface area contributed by atoms with Crippen LogP contribution < -0.4 is 10.2 Å². The minimum Gasteiger partial charge on any atom is -0.497 e. The van der Waals surface area contributed by atoms with E-state index in [0.717, 1.165) is 4.90 Å². The van der Waals surface area contributed by atoms with E-state index in [1.807, 2.05) is 18.4 Å². The second-order valence-corrected chi connectivity index (χ2v) is 3.30. The van der Waals surface area contributed by atoms with Crippen molar-refractivity contribution in [3.8, 4) is 5.75 Å². The van der Waals surface area contributed by atoms with Crippen molar-refractivity contribution in [3.63, 3.8) is 0 Å². The van der Waals surface area contributed by atoms with Gasteiger partial charge in [0.2, 0.25) is 0 Å². The Kier molecular flexibility index (Phi) is 3.65. The minimum absolute atomic E-state index is 0.428. The summed E-state index contributed by atoms with van der Waals surface area (Å²) < 4.78 is 5.02. The summed E-state index contributed by atoms with van der Waals surface area (Å²) in [5.74, 6) is 0.502. The van der Waals surface area contributed by atoms with Crippen LogP contribution in [0.25, 0.3) is 0 Å². The number of methoxy groups -OCH3 is 1. The third kappa shape index (κ3) is 2.18. The molecule has 0 amide bonds. The molecule has 0 saturated carbocycles. The molecule has 0 aromatic heterocycles. The highest BCUT2D eigenvalue weighted by Gasteiger charge is 2.20. The van der Waals surface area contributed by atoms with Gasteiger partial charge in [0.05, 0.1) is 7.11 Å². The van der Waals surface area contributed by atoms with E-state index in [0.29, 0.717) is 11.2 Å². The SMILES string of the molecule is COc1cccc(SC)c1B(O)O. The molecule has 0 aliphatic rings. The Labute approximate surface area is 81.9 Å². The average Bonchev–Trinajstić information content (AvgIpc) is 2.16. The van der Waals surface area contributed by atoms with Crippen LogP contribution in [0.2, 0.25) is 0 Å². The van der Waals surface area contributed by atoms with Gasteiger partial charge >= 0.3 is 7.12 Å². The third-order valence-electron chi connectivity index (χ3n) is 1.72. The quantitative estimate of drug-likeness (QED) is 0.534. The second kappa shape index (κ2) is 4.55. The minimum atomic E-state index is -1.49. The van der Waals surface area contributed by atoms with Crippen LogP contribution >= 0.6 is 11.8 Å². The molecule has 2 N–H and O–H groups in total. The summed E-state index contributed by atoms with van der Waals surface area (Å²) in [5, 5.41) is 18.2. The van der Waals surface area contributed by atoms with Gasteiger partial charge < -0.3 is 14.8 Å². The Bertz CT molecular complexity index is 268. The Morgan fingerprint density at radius 2 is 2.08 bits per heavy atom. The first-order valence-electron chi connectivity index (χ1n) is 3.77. The molecule has 1 aromatic rings. The molecular weight excluding hydrogens is 187 g/mol. The molecule has 0 unspecified atom stereocenters. The van der Waals surface area contributed by atoms with Gasteiger partial charge in [-0.05, 0) is 18.4 Å². The summed E-state index contributed by atoms with van der Waals surface area (Å²) in [6.07, 6.45) is 1.88. The summed E-state index contributed by atoms with van der Waals surface area (Å²) in [5.41, 5.74) is 0.428. The van der Waals surface area contributed by atoms with Crippen molar-refractivity contribution in [2.45, 2.75) is 4.90 Å². The number of benzene rings is 1. The van der Waals surface area contributed by atoms with Crippen LogP contribution in [0.4, 0.5) is 0 Å². The molecule has 3 nitrogen and oxygen atoms in total.